The normalized spacial score (nSPS) is 10.3. The molecule has 1 aromatic heterocycles. The van der Waals surface area contributed by atoms with Crippen molar-refractivity contribution in [3.05, 3.63) is 65.0 Å². The van der Waals surface area contributed by atoms with Crippen molar-refractivity contribution in [2.75, 3.05) is 0 Å². The summed E-state index contributed by atoms with van der Waals surface area (Å²) in [5, 5.41) is 0. The van der Waals surface area contributed by atoms with Crippen LogP contribution in [0.15, 0.2) is 42.6 Å². The number of aryl methyl sites for hydroxylation is 2. The van der Waals surface area contributed by atoms with E-state index in [-0.39, 0.29) is 5.78 Å². The minimum Gasteiger partial charge on any atom is -0.289 e. The molecule has 0 spiro atoms. The number of carbonyl (C=O) groups is 1. The molecule has 2 rings (SSSR count). The molecule has 0 aliphatic heterocycles. The molecule has 0 radical (unpaired) electrons. The lowest BCUT2D eigenvalue weighted by molar-refractivity contribution is 0.103. The molecular formula is C16H17NO. The fraction of sp³-hybridized carbons (Fsp3) is 0.250. The summed E-state index contributed by atoms with van der Waals surface area (Å²) in [6.07, 6.45) is 3.81. The van der Waals surface area contributed by atoms with E-state index in [1.165, 1.54) is 5.56 Å². The molecule has 2 heteroatoms. The number of hydrogen-bond acceptors (Lipinski definition) is 2. The quantitative estimate of drug-likeness (QED) is 0.763. The molecular weight excluding hydrogens is 222 g/mol. The predicted octanol–water partition coefficient (Wildman–Crippen LogP) is 3.57. The highest BCUT2D eigenvalue weighted by Gasteiger charge is 2.08. The molecule has 0 saturated heterocycles. The highest BCUT2D eigenvalue weighted by Crippen LogP contribution is 2.12. The first kappa shape index (κ1) is 12.5. The number of nitrogens with zero attached hydrogens (tertiary/aromatic N) is 1. The standard InChI is InChI=1S/C16H17NO/c1-3-4-13-6-9-14(10-7-13)16(18)15-8-5-12(2)17-11-15/h5-11H,3-4H2,1-2H3. The van der Waals surface area contributed by atoms with Crippen molar-refractivity contribution in [3.63, 3.8) is 0 Å². The molecule has 0 aliphatic carbocycles. The first-order valence-electron chi connectivity index (χ1n) is 6.27. The lowest BCUT2D eigenvalue weighted by Gasteiger charge is -2.03. The molecule has 1 heterocycles. The molecule has 0 amide bonds. The van der Waals surface area contributed by atoms with E-state index < -0.39 is 0 Å². The average molecular weight is 239 g/mol. The number of carbonyl (C=O) groups excluding carboxylic acids is 1. The third-order valence-corrected chi connectivity index (χ3v) is 2.93. The summed E-state index contributed by atoms with van der Waals surface area (Å²) in [5.74, 6) is 0.0329. The topological polar surface area (TPSA) is 30.0 Å². The minimum atomic E-state index is 0.0329. The summed E-state index contributed by atoms with van der Waals surface area (Å²) in [7, 11) is 0. The van der Waals surface area contributed by atoms with Gasteiger partial charge in [-0.2, -0.15) is 0 Å². The van der Waals surface area contributed by atoms with E-state index in [1.807, 2.05) is 43.3 Å². The molecule has 0 atom stereocenters. The number of pyridine rings is 1. The van der Waals surface area contributed by atoms with Gasteiger partial charge in [-0.25, -0.2) is 0 Å². The van der Waals surface area contributed by atoms with E-state index in [0.717, 1.165) is 24.1 Å². The number of ketones is 1. The summed E-state index contributed by atoms with van der Waals surface area (Å²) in [4.78, 5) is 16.3. The maximum Gasteiger partial charge on any atom is 0.194 e. The first-order chi connectivity index (χ1) is 8.70. The van der Waals surface area contributed by atoms with E-state index in [4.69, 9.17) is 0 Å². The summed E-state index contributed by atoms with van der Waals surface area (Å²) >= 11 is 0. The Morgan fingerprint density at radius 3 is 2.28 bits per heavy atom. The highest BCUT2D eigenvalue weighted by molar-refractivity contribution is 6.08. The Kier molecular flexibility index (Phi) is 3.88. The van der Waals surface area contributed by atoms with Gasteiger partial charge >= 0.3 is 0 Å². The Bertz CT molecular complexity index is 526. The summed E-state index contributed by atoms with van der Waals surface area (Å²) in [6.45, 7) is 4.06. The first-order valence-corrected chi connectivity index (χ1v) is 6.27. The SMILES string of the molecule is CCCc1ccc(C(=O)c2ccc(C)nc2)cc1. The van der Waals surface area contributed by atoms with Crippen LogP contribution in [0.5, 0.6) is 0 Å². The summed E-state index contributed by atoms with van der Waals surface area (Å²) in [6, 6.07) is 11.5. The second-order valence-electron chi connectivity index (χ2n) is 4.46. The zero-order chi connectivity index (χ0) is 13.0. The van der Waals surface area contributed by atoms with E-state index in [9.17, 15) is 4.79 Å². The Morgan fingerprint density at radius 2 is 1.72 bits per heavy atom. The van der Waals surface area contributed by atoms with Gasteiger partial charge in [-0.3, -0.25) is 9.78 Å². The fourth-order valence-electron chi connectivity index (χ4n) is 1.88. The van der Waals surface area contributed by atoms with Crippen molar-refractivity contribution >= 4 is 5.78 Å². The molecule has 0 fully saturated rings. The molecule has 0 N–H and O–H groups in total. The van der Waals surface area contributed by atoms with E-state index in [2.05, 4.69) is 11.9 Å². The Labute approximate surface area is 108 Å². The lowest BCUT2D eigenvalue weighted by atomic mass is 10.0. The van der Waals surface area contributed by atoms with Gasteiger partial charge in [0.2, 0.25) is 0 Å². The van der Waals surface area contributed by atoms with Crippen LogP contribution in [0.1, 0.15) is 40.5 Å². The molecule has 0 saturated carbocycles. The van der Waals surface area contributed by atoms with Crippen LogP contribution in [0, 0.1) is 6.92 Å². The maximum absolute atomic E-state index is 12.2. The van der Waals surface area contributed by atoms with Gasteiger partial charge < -0.3 is 0 Å². The third kappa shape index (κ3) is 2.83. The van der Waals surface area contributed by atoms with Crippen molar-refractivity contribution in [2.45, 2.75) is 26.7 Å². The predicted molar refractivity (Wildman–Crippen MR) is 72.8 cm³/mol. The Balaban J connectivity index is 2.20. The molecule has 92 valence electrons. The van der Waals surface area contributed by atoms with E-state index in [1.54, 1.807) is 6.20 Å². The van der Waals surface area contributed by atoms with Gasteiger partial charge in [-0.1, -0.05) is 37.6 Å². The van der Waals surface area contributed by atoms with Crippen LogP contribution in [0.2, 0.25) is 0 Å². The van der Waals surface area contributed by atoms with Gasteiger partial charge in [-0.15, -0.1) is 0 Å². The molecule has 18 heavy (non-hydrogen) atoms. The van der Waals surface area contributed by atoms with Crippen LogP contribution >= 0.6 is 0 Å². The fourth-order valence-corrected chi connectivity index (χ4v) is 1.88. The van der Waals surface area contributed by atoms with Gasteiger partial charge in [0.15, 0.2) is 5.78 Å². The van der Waals surface area contributed by atoms with Gasteiger partial charge in [0, 0.05) is 23.0 Å². The molecule has 0 unspecified atom stereocenters. The van der Waals surface area contributed by atoms with Crippen LogP contribution in [0.3, 0.4) is 0 Å². The smallest absolute Gasteiger partial charge is 0.194 e. The number of benzene rings is 1. The van der Waals surface area contributed by atoms with Crippen LogP contribution < -0.4 is 0 Å². The van der Waals surface area contributed by atoms with E-state index in [0.29, 0.717) is 5.56 Å². The summed E-state index contributed by atoms with van der Waals surface area (Å²) in [5.41, 5.74) is 3.56. The van der Waals surface area contributed by atoms with Crippen molar-refractivity contribution in [3.8, 4) is 0 Å². The van der Waals surface area contributed by atoms with Crippen molar-refractivity contribution in [1.82, 2.24) is 4.98 Å². The second-order valence-corrected chi connectivity index (χ2v) is 4.46. The number of hydrogen-bond donors (Lipinski definition) is 0. The maximum atomic E-state index is 12.2. The minimum absolute atomic E-state index is 0.0329. The zero-order valence-electron chi connectivity index (χ0n) is 10.8. The zero-order valence-corrected chi connectivity index (χ0v) is 10.8. The second kappa shape index (κ2) is 5.58. The number of rotatable bonds is 4. The number of aromatic nitrogens is 1. The van der Waals surface area contributed by atoms with Crippen molar-refractivity contribution in [1.29, 1.82) is 0 Å². The monoisotopic (exact) mass is 239 g/mol. The van der Waals surface area contributed by atoms with Gasteiger partial charge in [-0.05, 0) is 31.0 Å². The van der Waals surface area contributed by atoms with Gasteiger partial charge in [0.05, 0.1) is 0 Å². The third-order valence-electron chi connectivity index (χ3n) is 2.93. The Hall–Kier alpha value is -1.96. The van der Waals surface area contributed by atoms with Crippen molar-refractivity contribution < 1.29 is 4.79 Å². The molecule has 0 aliphatic rings. The summed E-state index contributed by atoms with van der Waals surface area (Å²) < 4.78 is 0. The molecule has 2 nitrogen and oxygen atoms in total. The van der Waals surface area contributed by atoms with Crippen LogP contribution in [-0.4, -0.2) is 10.8 Å². The van der Waals surface area contributed by atoms with Gasteiger partial charge in [0.1, 0.15) is 0 Å². The molecule has 1 aromatic carbocycles. The Morgan fingerprint density at radius 1 is 1.06 bits per heavy atom. The van der Waals surface area contributed by atoms with Crippen molar-refractivity contribution in [2.24, 2.45) is 0 Å². The van der Waals surface area contributed by atoms with Crippen LogP contribution in [0.25, 0.3) is 0 Å². The largest absolute Gasteiger partial charge is 0.289 e. The molecule has 2 aromatic rings. The lowest BCUT2D eigenvalue weighted by Crippen LogP contribution is -2.02. The van der Waals surface area contributed by atoms with Crippen LogP contribution in [-0.2, 0) is 6.42 Å². The highest BCUT2D eigenvalue weighted by atomic mass is 16.1. The molecule has 0 bridgehead atoms. The average Bonchev–Trinajstić information content (AvgIpc) is 2.40. The van der Waals surface area contributed by atoms with Gasteiger partial charge in [0.25, 0.3) is 0 Å². The van der Waals surface area contributed by atoms with Crippen LogP contribution in [0.4, 0.5) is 0 Å². The van der Waals surface area contributed by atoms with E-state index >= 15 is 0 Å².